The Kier molecular flexibility index (Phi) is 3.03. The van der Waals surface area contributed by atoms with Gasteiger partial charge < -0.3 is 10.4 Å². The summed E-state index contributed by atoms with van der Waals surface area (Å²) in [6, 6.07) is 4.85. The van der Waals surface area contributed by atoms with E-state index >= 15 is 0 Å². The van der Waals surface area contributed by atoms with Crippen molar-refractivity contribution in [1.29, 1.82) is 0 Å². The maximum atomic E-state index is 9.19. The number of halogens is 1. The van der Waals surface area contributed by atoms with Crippen molar-refractivity contribution < 1.29 is 5.11 Å². The number of hydrogen-bond donors (Lipinski definition) is 2. The maximum Gasteiger partial charge on any atom is 0.0702 e. The molecule has 0 aliphatic heterocycles. The summed E-state index contributed by atoms with van der Waals surface area (Å²) < 4.78 is 1.12. The van der Waals surface area contributed by atoms with Crippen molar-refractivity contribution in [3.05, 3.63) is 20.8 Å². The average Bonchev–Trinajstić information content (AvgIpc) is 2.84. The molecule has 4 heteroatoms. The number of nitrogens with one attached hydrogen (secondary N) is 1. The number of hydrogen-bond acceptors (Lipinski definition) is 3. The first-order chi connectivity index (χ1) is 6.29. The molecule has 0 radical (unpaired) electrons. The first kappa shape index (κ1) is 9.65. The van der Waals surface area contributed by atoms with Crippen LogP contribution >= 0.6 is 27.3 Å². The summed E-state index contributed by atoms with van der Waals surface area (Å²) in [6.07, 6.45) is 2.51. The van der Waals surface area contributed by atoms with Crippen molar-refractivity contribution in [2.24, 2.45) is 0 Å². The second-order valence-electron chi connectivity index (χ2n) is 3.32. The molecule has 0 aromatic carbocycles. The molecule has 2 rings (SSSR count). The fraction of sp³-hybridized carbons (Fsp3) is 0.556. The summed E-state index contributed by atoms with van der Waals surface area (Å²) in [5, 5.41) is 12.6. The van der Waals surface area contributed by atoms with Crippen molar-refractivity contribution >= 4 is 27.3 Å². The van der Waals surface area contributed by atoms with Crippen LogP contribution in [0.2, 0.25) is 0 Å². The molecule has 1 fully saturated rings. The van der Waals surface area contributed by atoms with Crippen LogP contribution in [0.15, 0.2) is 15.9 Å². The van der Waals surface area contributed by atoms with Crippen LogP contribution in [-0.4, -0.2) is 17.8 Å². The molecular weight excluding hydrogens is 250 g/mol. The molecule has 0 saturated heterocycles. The van der Waals surface area contributed by atoms with E-state index in [1.54, 1.807) is 11.3 Å². The van der Waals surface area contributed by atoms with Gasteiger partial charge in [0, 0.05) is 10.9 Å². The maximum absolute atomic E-state index is 9.19. The van der Waals surface area contributed by atoms with E-state index in [0.29, 0.717) is 6.04 Å². The Hall–Kier alpha value is 0.1000. The van der Waals surface area contributed by atoms with Crippen LogP contribution in [0.3, 0.4) is 0 Å². The molecule has 72 valence electrons. The standard InChI is InChI=1S/C9H12BrNOS/c10-9-4-3-8(13-9)7(5-12)11-6-1-2-6/h3-4,6-7,11-12H,1-2,5H2. The smallest absolute Gasteiger partial charge is 0.0702 e. The van der Waals surface area contributed by atoms with Crippen LogP contribution in [0.4, 0.5) is 0 Å². The lowest BCUT2D eigenvalue weighted by atomic mass is 10.2. The van der Waals surface area contributed by atoms with Gasteiger partial charge in [-0.05, 0) is 40.9 Å². The van der Waals surface area contributed by atoms with Crippen molar-refractivity contribution in [3.63, 3.8) is 0 Å². The van der Waals surface area contributed by atoms with Crippen molar-refractivity contribution in [2.75, 3.05) is 6.61 Å². The Morgan fingerprint density at radius 2 is 2.38 bits per heavy atom. The third-order valence-electron chi connectivity index (χ3n) is 2.13. The molecule has 1 aliphatic rings. The monoisotopic (exact) mass is 261 g/mol. The lowest BCUT2D eigenvalue weighted by Crippen LogP contribution is -2.25. The van der Waals surface area contributed by atoms with Gasteiger partial charge in [-0.15, -0.1) is 11.3 Å². The highest BCUT2D eigenvalue weighted by atomic mass is 79.9. The van der Waals surface area contributed by atoms with E-state index in [2.05, 4.69) is 27.3 Å². The van der Waals surface area contributed by atoms with E-state index in [-0.39, 0.29) is 12.6 Å². The van der Waals surface area contributed by atoms with Gasteiger partial charge in [0.1, 0.15) is 0 Å². The molecule has 0 amide bonds. The van der Waals surface area contributed by atoms with Gasteiger partial charge in [0.2, 0.25) is 0 Å². The van der Waals surface area contributed by atoms with E-state index in [4.69, 9.17) is 0 Å². The molecule has 0 spiro atoms. The Morgan fingerprint density at radius 3 is 2.85 bits per heavy atom. The molecule has 1 unspecified atom stereocenters. The van der Waals surface area contributed by atoms with E-state index in [9.17, 15) is 5.11 Å². The summed E-state index contributed by atoms with van der Waals surface area (Å²) in [5.74, 6) is 0. The molecule has 1 atom stereocenters. The first-order valence-electron chi connectivity index (χ1n) is 4.41. The predicted molar refractivity (Wildman–Crippen MR) is 58.0 cm³/mol. The molecule has 2 N–H and O–H groups in total. The number of rotatable bonds is 4. The molecule has 1 saturated carbocycles. The summed E-state index contributed by atoms with van der Waals surface area (Å²) in [5.41, 5.74) is 0. The number of aliphatic hydroxyl groups excluding tert-OH is 1. The highest BCUT2D eigenvalue weighted by Crippen LogP contribution is 2.30. The Morgan fingerprint density at radius 1 is 1.62 bits per heavy atom. The van der Waals surface area contributed by atoms with Gasteiger partial charge in [-0.1, -0.05) is 0 Å². The highest BCUT2D eigenvalue weighted by Gasteiger charge is 2.25. The zero-order valence-electron chi connectivity index (χ0n) is 7.16. The molecule has 1 aliphatic carbocycles. The predicted octanol–water partition coefficient (Wildman–Crippen LogP) is 2.30. The highest BCUT2D eigenvalue weighted by molar-refractivity contribution is 9.11. The van der Waals surface area contributed by atoms with Crippen molar-refractivity contribution in [2.45, 2.75) is 24.9 Å². The van der Waals surface area contributed by atoms with E-state index in [1.165, 1.54) is 17.7 Å². The quantitative estimate of drug-likeness (QED) is 0.872. The SMILES string of the molecule is OCC(NC1CC1)c1ccc(Br)s1. The Balaban J connectivity index is 2.01. The molecule has 1 aromatic rings. The van der Waals surface area contributed by atoms with Crippen LogP contribution in [-0.2, 0) is 0 Å². The Labute approximate surface area is 90.1 Å². The summed E-state index contributed by atoms with van der Waals surface area (Å²) in [6.45, 7) is 0.184. The van der Waals surface area contributed by atoms with E-state index in [1.807, 2.05) is 6.07 Å². The minimum Gasteiger partial charge on any atom is -0.394 e. The van der Waals surface area contributed by atoms with Crippen molar-refractivity contribution in [1.82, 2.24) is 5.32 Å². The first-order valence-corrected chi connectivity index (χ1v) is 6.02. The van der Waals surface area contributed by atoms with Gasteiger partial charge in [0.05, 0.1) is 16.4 Å². The topological polar surface area (TPSA) is 32.3 Å². The molecular formula is C9H12BrNOS. The number of thiophene rings is 1. The zero-order valence-corrected chi connectivity index (χ0v) is 9.57. The minimum absolute atomic E-state index is 0.129. The van der Waals surface area contributed by atoms with E-state index < -0.39 is 0 Å². The van der Waals surface area contributed by atoms with E-state index in [0.717, 1.165) is 3.79 Å². The van der Waals surface area contributed by atoms with Gasteiger partial charge in [0.15, 0.2) is 0 Å². The van der Waals surface area contributed by atoms with Crippen LogP contribution in [0, 0.1) is 0 Å². The van der Waals surface area contributed by atoms with Gasteiger partial charge in [-0.2, -0.15) is 0 Å². The molecule has 13 heavy (non-hydrogen) atoms. The molecule has 0 bridgehead atoms. The molecule has 1 heterocycles. The average molecular weight is 262 g/mol. The lowest BCUT2D eigenvalue weighted by Gasteiger charge is -2.13. The Bertz CT molecular complexity index is 285. The second-order valence-corrected chi connectivity index (χ2v) is 5.81. The minimum atomic E-state index is 0.129. The normalized spacial score (nSPS) is 18.9. The molecule has 1 aromatic heterocycles. The van der Waals surface area contributed by atoms with Crippen LogP contribution in [0.1, 0.15) is 23.8 Å². The largest absolute Gasteiger partial charge is 0.394 e. The summed E-state index contributed by atoms with van der Waals surface area (Å²) in [7, 11) is 0. The van der Waals surface area contributed by atoms with Gasteiger partial charge in [-0.25, -0.2) is 0 Å². The summed E-state index contributed by atoms with van der Waals surface area (Å²) in [4.78, 5) is 1.21. The van der Waals surface area contributed by atoms with Crippen LogP contribution in [0.5, 0.6) is 0 Å². The van der Waals surface area contributed by atoms with Crippen LogP contribution < -0.4 is 5.32 Å². The van der Waals surface area contributed by atoms with Gasteiger partial charge in [-0.3, -0.25) is 0 Å². The van der Waals surface area contributed by atoms with Gasteiger partial charge in [0.25, 0.3) is 0 Å². The third kappa shape index (κ3) is 2.53. The third-order valence-corrected chi connectivity index (χ3v) is 3.87. The zero-order chi connectivity index (χ0) is 9.26. The van der Waals surface area contributed by atoms with Crippen molar-refractivity contribution in [3.8, 4) is 0 Å². The lowest BCUT2D eigenvalue weighted by molar-refractivity contribution is 0.245. The van der Waals surface area contributed by atoms with Gasteiger partial charge >= 0.3 is 0 Å². The van der Waals surface area contributed by atoms with Crippen LogP contribution in [0.25, 0.3) is 0 Å². The fourth-order valence-electron chi connectivity index (χ4n) is 1.27. The summed E-state index contributed by atoms with van der Waals surface area (Å²) >= 11 is 5.10. The molecule has 2 nitrogen and oxygen atoms in total. The number of aliphatic hydroxyl groups is 1. The second kappa shape index (κ2) is 4.09. The fourth-order valence-corrected chi connectivity index (χ4v) is 2.75.